The van der Waals surface area contributed by atoms with Gasteiger partial charge in [0.05, 0.1) is 6.10 Å². The predicted octanol–water partition coefficient (Wildman–Crippen LogP) is 0.760. The molecule has 1 aliphatic heterocycles. The quantitative estimate of drug-likeness (QED) is 0.567. The molecule has 9 heavy (non-hydrogen) atoms. The number of hydrogen-bond acceptors (Lipinski definition) is 2. The fourth-order valence-electron chi connectivity index (χ4n) is 1.29. The van der Waals surface area contributed by atoms with Gasteiger partial charge in [-0.25, -0.2) is 0 Å². The Bertz CT molecular complexity index is 85.0. The summed E-state index contributed by atoms with van der Waals surface area (Å²) in [4.78, 5) is 0. The first kappa shape index (κ1) is 7.03. The minimum atomic E-state index is 0.332. The second-order valence-electron chi connectivity index (χ2n) is 2.76. The summed E-state index contributed by atoms with van der Waals surface area (Å²) in [6, 6.07) is 0. The van der Waals surface area contributed by atoms with Gasteiger partial charge in [0.2, 0.25) is 0 Å². The maximum Gasteiger partial charge on any atom is 0.0722 e. The highest BCUT2D eigenvalue weighted by molar-refractivity contribution is 4.70. The summed E-state index contributed by atoms with van der Waals surface area (Å²) in [5.74, 6) is 0.670. The highest BCUT2D eigenvalue weighted by Crippen LogP contribution is 2.18. The van der Waals surface area contributed by atoms with Gasteiger partial charge < -0.3 is 10.5 Å². The van der Waals surface area contributed by atoms with Crippen LogP contribution in [-0.4, -0.2) is 19.3 Å². The van der Waals surface area contributed by atoms with Crippen LogP contribution in [-0.2, 0) is 4.74 Å². The summed E-state index contributed by atoms with van der Waals surface area (Å²) in [7, 11) is 0. The molecule has 0 radical (unpaired) electrons. The first-order valence-electron chi connectivity index (χ1n) is 3.66. The van der Waals surface area contributed by atoms with Crippen LogP contribution in [0.3, 0.4) is 0 Å². The monoisotopic (exact) mass is 129 g/mol. The lowest BCUT2D eigenvalue weighted by Gasteiger charge is -2.27. The Balaban J connectivity index is 2.30. The van der Waals surface area contributed by atoms with Crippen molar-refractivity contribution < 1.29 is 4.74 Å². The van der Waals surface area contributed by atoms with Gasteiger partial charge in [-0.1, -0.05) is 6.92 Å². The Morgan fingerprint density at radius 2 is 2.44 bits per heavy atom. The van der Waals surface area contributed by atoms with Gasteiger partial charge in [-0.3, -0.25) is 0 Å². The van der Waals surface area contributed by atoms with E-state index in [0.717, 1.165) is 6.61 Å². The summed E-state index contributed by atoms with van der Waals surface area (Å²) in [5, 5.41) is 0. The molecule has 1 fully saturated rings. The molecule has 0 amide bonds. The van der Waals surface area contributed by atoms with Crippen molar-refractivity contribution in [2.75, 3.05) is 13.2 Å². The molecule has 2 atom stereocenters. The summed E-state index contributed by atoms with van der Waals surface area (Å²) < 4.78 is 5.41. The van der Waals surface area contributed by atoms with Crippen molar-refractivity contribution in [3.63, 3.8) is 0 Å². The second kappa shape index (κ2) is 3.18. The van der Waals surface area contributed by atoms with E-state index in [0.29, 0.717) is 18.6 Å². The van der Waals surface area contributed by atoms with E-state index in [-0.39, 0.29) is 0 Å². The summed E-state index contributed by atoms with van der Waals surface area (Å²) in [5.41, 5.74) is 5.47. The molecule has 2 heteroatoms. The standard InChI is InChI=1S/C7H15NO/c1-6-3-2-4-9-7(6)5-8/h6-7H,2-5,8H2,1H3/t6-,7+/m0/s1. The zero-order valence-electron chi connectivity index (χ0n) is 5.97. The molecular formula is C7H15NO. The predicted molar refractivity (Wildman–Crippen MR) is 37.2 cm³/mol. The van der Waals surface area contributed by atoms with Crippen molar-refractivity contribution in [2.45, 2.75) is 25.9 Å². The molecule has 0 aromatic rings. The molecule has 2 N–H and O–H groups in total. The van der Waals surface area contributed by atoms with Crippen LogP contribution < -0.4 is 5.73 Å². The average Bonchev–Trinajstić information content (AvgIpc) is 1.89. The van der Waals surface area contributed by atoms with Crippen LogP contribution in [0.4, 0.5) is 0 Å². The Morgan fingerprint density at radius 1 is 1.67 bits per heavy atom. The SMILES string of the molecule is C[C@H]1CCCO[C@@H]1CN. The first-order chi connectivity index (χ1) is 4.34. The lowest BCUT2D eigenvalue weighted by atomic mass is 9.97. The Morgan fingerprint density at radius 3 is 2.89 bits per heavy atom. The van der Waals surface area contributed by atoms with Gasteiger partial charge in [0.1, 0.15) is 0 Å². The zero-order valence-corrected chi connectivity index (χ0v) is 5.97. The molecule has 1 aliphatic rings. The Kier molecular flexibility index (Phi) is 2.49. The summed E-state index contributed by atoms with van der Waals surface area (Å²) in [6.45, 7) is 3.80. The fourth-order valence-corrected chi connectivity index (χ4v) is 1.29. The van der Waals surface area contributed by atoms with Gasteiger partial charge in [0.15, 0.2) is 0 Å². The molecular weight excluding hydrogens is 114 g/mol. The molecule has 0 aromatic heterocycles. The molecule has 0 unspecified atom stereocenters. The van der Waals surface area contributed by atoms with Gasteiger partial charge in [0, 0.05) is 13.2 Å². The van der Waals surface area contributed by atoms with Crippen molar-refractivity contribution in [3.8, 4) is 0 Å². The highest BCUT2D eigenvalue weighted by atomic mass is 16.5. The molecule has 2 nitrogen and oxygen atoms in total. The molecule has 1 saturated heterocycles. The Hall–Kier alpha value is -0.0800. The topological polar surface area (TPSA) is 35.2 Å². The maximum atomic E-state index is 5.47. The third-order valence-corrected chi connectivity index (χ3v) is 2.00. The third kappa shape index (κ3) is 1.66. The third-order valence-electron chi connectivity index (χ3n) is 2.00. The van der Waals surface area contributed by atoms with E-state index >= 15 is 0 Å². The van der Waals surface area contributed by atoms with E-state index in [2.05, 4.69) is 6.92 Å². The highest BCUT2D eigenvalue weighted by Gasteiger charge is 2.19. The molecule has 1 rings (SSSR count). The smallest absolute Gasteiger partial charge is 0.0722 e. The second-order valence-corrected chi connectivity index (χ2v) is 2.76. The van der Waals surface area contributed by atoms with E-state index in [1.165, 1.54) is 12.8 Å². The van der Waals surface area contributed by atoms with Gasteiger partial charge in [-0.15, -0.1) is 0 Å². The minimum Gasteiger partial charge on any atom is -0.377 e. The molecule has 0 saturated carbocycles. The maximum absolute atomic E-state index is 5.47. The minimum absolute atomic E-state index is 0.332. The summed E-state index contributed by atoms with van der Waals surface area (Å²) >= 11 is 0. The Labute approximate surface area is 56.4 Å². The van der Waals surface area contributed by atoms with Crippen molar-refractivity contribution in [2.24, 2.45) is 11.7 Å². The summed E-state index contributed by atoms with van der Waals surface area (Å²) in [6.07, 6.45) is 2.82. The van der Waals surface area contributed by atoms with Crippen molar-refractivity contribution in [3.05, 3.63) is 0 Å². The van der Waals surface area contributed by atoms with E-state index in [1.807, 2.05) is 0 Å². The van der Waals surface area contributed by atoms with Crippen LogP contribution in [0.2, 0.25) is 0 Å². The number of hydrogen-bond donors (Lipinski definition) is 1. The van der Waals surface area contributed by atoms with Gasteiger partial charge >= 0.3 is 0 Å². The van der Waals surface area contributed by atoms with Crippen LogP contribution in [0.5, 0.6) is 0 Å². The molecule has 0 spiro atoms. The zero-order chi connectivity index (χ0) is 6.69. The van der Waals surface area contributed by atoms with Crippen LogP contribution in [0.25, 0.3) is 0 Å². The molecule has 0 aliphatic carbocycles. The largest absolute Gasteiger partial charge is 0.377 e. The van der Waals surface area contributed by atoms with Gasteiger partial charge in [0.25, 0.3) is 0 Å². The van der Waals surface area contributed by atoms with Crippen molar-refractivity contribution in [1.29, 1.82) is 0 Å². The van der Waals surface area contributed by atoms with E-state index in [1.54, 1.807) is 0 Å². The lowest BCUT2D eigenvalue weighted by Crippen LogP contribution is -2.34. The van der Waals surface area contributed by atoms with Crippen molar-refractivity contribution >= 4 is 0 Å². The van der Waals surface area contributed by atoms with Crippen LogP contribution in [0, 0.1) is 5.92 Å². The number of rotatable bonds is 1. The molecule has 0 aromatic carbocycles. The van der Waals surface area contributed by atoms with Crippen LogP contribution >= 0.6 is 0 Å². The average molecular weight is 129 g/mol. The number of nitrogens with two attached hydrogens (primary N) is 1. The first-order valence-corrected chi connectivity index (χ1v) is 3.66. The number of ether oxygens (including phenoxy) is 1. The fraction of sp³-hybridized carbons (Fsp3) is 1.00. The molecule has 54 valence electrons. The van der Waals surface area contributed by atoms with Gasteiger partial charge in [-0.05, 0) is 18.8 Å². The van der Waals surface area contributed by atoms with Crippen LogP contribution in [0.1, 0.15) is 19.8 Å². The van der Waals surface area contributed by atoms with Crippen molar-refractivity contribution in [1.82, 2.24) is 0 Å². The van der Waals surface area contributed by atoms with E-state index < -0.39 is 0 Å². The van der Waals surface area contributed by atoms with Gasteiger partial charge in [-0.2, -0.15) is 0 Å². The normalized spacial score (nSPS) is 36.7. The van der Waals surface area contributed by atoms with E-state index in [9.17, 15) is 0 Å². The lowest BCUT2D eigenvalue weighted by molar-refractivity contribution is -0.0139. The van der Waals surface area contributed by atoms with Crippen LogP contribution in [0.15, 0.2) is 0 Å². The molecule has 0 bridgehead atoms. The molecule has 1 heterocycles. The van der Waals surface area contributed by atoms with E-state index in [4.69, 9.17) is 10.5 Å².